The third-order valence-corrected chi connectivity index (χ3v) is 5.02. The summed E-state index contributed by atoms with van der Waals surface area (Å²) >= 11 is 0. The van der Waals surface area contributed by atoms with E-state index in [1.807, 2.05) is 24.3 Å². The molecule has 6 nitrogen and oxygen atoms in total. The van der Waals surface area contributed by atoms with Gasteiger partial charge in [-0.3, -0.25) is 14.9 Å². The monoisotopic (exact) mass is 360 g/mol. The maximum Gasteiger partial charge on any atom is 0.234 e. The van der Waals surface area contributed by atoms with Crippen molar-refractivity contribution in [3.8, 4) is 0 Å². The van der Waals surface area contributed by atoms with E-state index in [-0.39, 0.29) is 17.7 Å². The molecule has 0 radical (unpaired) electrons. The first-order valence-electron chi connectivity index (χ1n) is 9.55. The molecule has 1 aromatic rings. The molecule has 1 atom stereocenters. The Hall–Kier alpha value is -1.76. The molecule has 0 saturated carbocycles. The highest BCUT2D eigenvalue weighted by atomic mass is 16.5. The Morgan fingerprint density at radius 2 is 1.73 bits per heavy atom. The van der Waals surface area contributed by atoms with E-state index in [2.05, 4.69) is 10.6 Å². The molecule has 1 unspecified atom stereocenters. The van der Waals surface area contributed by atoms with Gasteiger partial charge in [0, 0.05) is 6.42 Å². The number of carbonyl (C=O) groups is 2. The van der Waals surface area contributed by atoms with Crippen molar-refractivity contribution in [1.82, 2.24) is 10.6 Å². The average Bonchev–Trinajstić information content (AvgIpc) is 2.66. The van der Waals surface area contributed by atoms with Gasteiger partial charge in [-0.15, -0.1) is 0 Å². The van der Waals surface area contributed by atoms with E-state index in [1.165, 1.54) is 5.56 Å². The van der Waals surface area contributed by atoms with Crippen molar-refractivity contribution in [3.05, 3.63) is 35.4 Å². The van der Waals surface area contributed by atoms with Gasteiger partial charge in [-0.2, -0.15) is 0 Å². The van der Waals surface area contributed by atoms with E-state index in [4.69, 9.17) is 9.47 Å². The molecule has 6 heteroatoms. The second kappa shape index (κ2) is 9.80. The van der Waals surface area contributed by atoms with E-state index < -0.39 is 0 Å². The van der Waals surface area contributed by atoms with Crippen LogP contribution in [0.4, 0.5) is 0 Å². The summed E-state index contributed by atoms with van der Waals surface area (Å²) < 4.78 is 11.5. The number of nitrogens with one attached hydrogen (secondary N) is 2. The van der Waals surface area contributed by atoms with Gasteiger partial charge in [0.2, 0.25) is 11.8 Å². The molecule has 0 spiro atoms. The Morgan fingerprint density at radius 3 is 2.46 bits per heavy atom. The molecular formula is C20H28N2O4. The maximum absolute atomic E-state index is 11.9. The zero-order valence-corrected chi connectivity index (χ0v) is 15.2. The summed E-state index contributed by atoms with van der Waals surface area (Å²) in [5.74, 6) is -0.583. The summed E-state index contributed by atoms with van der Waals surface area (Å²) in [6, 6.07) is 8.03. The first-order valence-corrected chi connectivity index (χ1v) is 9.55. The molecular weight excluding hydrogens is 332 g/mol. The van der Waals surface area contributed by atoms with Crippen LogP contribution >= 0.6 is 0 Å². The van der Waals surface area contributed by atoms with E-state index in [9.17, 15) is 9.59 Å². The van der Waals surface area contributed by atoms with Gasteiger partial charge in [-0.25, -0.2) is 0 Å². The average molecular weight is 360 g/mol. The van der Waals surface area contributed by atoms with Gasteiger partial charge in [-0.1, -0.05) is 24.3 Å². The van der Waals surface area contributed by atoms with Crippen LogP contribution in [0, 0.1) is 0 Å². The van der Waals surface area contributed by atoms with Crippen molar-refractivity contribution >= 4 is 11.8 Å². The van der Waals surface area contributed by atoms with Crippen LogP contribution in [-0.2, 0) is 25.5 Å². The minimum atomic E-state index is -0.217. The first kappa shape index (κ1) is 19.0. The SMILES string of the molecule is O=C1CCC(c2ccc(CCOCCOC3CCNCC3)cc2)C(=O)N1. The molecule has 2 N–H and O–H groups in total. The lowest BCUT2D eigenvalue weighted by Crippen LogP contribution is -2.39. The molecule has 2 saturated heterocycles. The van der Waals surface area contributed by atoms with Crippen LogP contribution in [0.25, 0.3) is 0 Å². The molecule has 2 aliphatic rings. The number of piperidine rings is 2. The van der Waals surface area contributed by atoms with Crippen LogP contribution in [0.1, 0.15) is 42.7 Å². The molecule has 2 fully saturated rings. The number of carbonyl (C=O) groups excluding carboxylic acids is 2. The Kier molecular flexibility index (Phi) is 7.17. The topological polar surface area (TPSA) is 76.7 Å². The fourth-order valence-electron chi connectivity index (χ4n) is 3.46. The Morgan fingerprint density at radius 1 is 0.962 bits per heavy atom. The smallest absolute Gasteiger partial charge is 0.234 e. The van der Waals surface area contributed by atoms with Crippen molar-refractivity contribution in [2.75, 3.05) is 32.9 Å². The summed E-state index contributed by atoms with van der Waals surface area (Å²) in [5.41, 5.74) is 2.15. The summed E-state index contributed by atoms with van der Waals surface area (Å²) in [7, 11) is 0. The number of benzene rings is 1. The van der Waals surface area contributed by atoms with Crippen molar-refractivity contribution in [2.24, 2.45) is 0 Å². The third-order valence-electron chi connectivity index (χ3n) is 5.02. The summed E-state index contributed by atoms with van der Waals surface area (Å²) in [5, 5.41) is 5.73. The molecule has 0 aliphatic carbocycles. The predicted octanol–water partition coefficient (Wildman–Crippen LogP) is 1.53. The minimum Gasteiger partial charge on any atom is -0.379 e. The molecule has 26 heavy (non-hydrogen) atoms. The Bertz CT molecular complexity index is 596. The van der Waals surface area contributed by atoms with Gasteiger partial charge in [0.15, 0.2) is 0 Å². The van der Waals surface area contributed by atoms with Gasteiger partial charge in [0.05, 0.1) is 31.8 Å². The molecule has 0 bridgehead atoms. The van der Waals surface area contributed by atoms with Crippen molar-refractivity contribution in [2.45, 2.75) is 44.1 Å². The van der Waals surface area contributed by atoms with Gasteiger partial charge in [0.1, 0.15) is 0 Å². The lowest BCUT2D eigenvalue weighted by atomic mass is 9.90. The molecule has 0 aromatic heterocycles. The highest BCUT2D eigenvalue weighted by Gasteiger charge is 2.27. The summed E-state index contributed by atoms with van der Waals surface area (Å²) in [6.07, 6.45) is 4.37. The normalized spacial score (nSPS) is 21.6. The van der Waals surface area contributed by atoms with Crippen LogP contribution in [0.5, 0.6) is 0 Å². The highest BCUT2D eigenvalue weighted by Crippen LogP contribution is 2.25. The minimum absolute atomic E-state index is 0.177. The number of amides is 2. The number of hydrogen-bond donors (Lipinski definition) is 2. The van der Waals surface area contributed by atoms with Gasteiger partial charge < -0.3 is 14.8 Å². The molecule has 142 valence electrons. The van der Waals surface area contributed by atoms with Gasteiger partial charge >= 0.3 is 0 Å². The fourth-order valence-corrected chi connectivity index (χ4v) is 3.46. The van der Waals surface area contributed by atoms with E-state index in [1.54, 1.807) is 0 Å². The van der Waals surface area contributed by atoms with Crippen molar-refractivity contribution < 1.29 is 19.1 Å². The Balaban J connectivity index is 1.33. The maximum atomic E-state index is 11.9. The number of rotatable bonds is 8. The Labute approximate surface area is 154 Å². The number of hydrogen-bond acceptors (Lipinski definition) is 5. The van der Waals surface area contributed by atoms with Gasteiger partial charge in [0.25, 0.3) is 0 Å². The number of imide groups is 1. The number of ether oxygens (including phenoxy) is 2. The van der Waals surface area contributed by atoms with Crippen LogP contribution < -0.4 is 10.6 Å². The molecule has 2 aliphatic heterocycles. The molecule has 2 heterocycles. The van der Waals surface area contributed by atoms with Crippen LogP contribution in [-0.4, -0.2) is 50.8 Å². The van der Waals surface area contributed by atoms with Crippen molar-refractivity contribution in [3.63, 3.8) is 0 Å². The molecule has 1 aromatic carbocycles. The molecule has 2 amide bonds. The van der Waals surface area contributed by atoms with E-state index in [0.29, 0.717) is 38.8 Å². The lowest BCUT2D eigenvalue weighted by molar-refractivity contribution is -0.134. The highest BCUT2D eigenvalue weighted by molar-refractivity contribution is 6.00. The summed E-state index contributed by atoms with van der Waals surface area (Å²) in [6.45, 7) is 4.02. The molecule has 3 rings (SSSR count). The van der Waals surface area contributed by atoms with E-state index in [0.717, 1.165) is 37.9 Å². The van der Waals surface area contributed by atoms with Crippen LogP contribution in [0.2, 0.25) is 0 Å². The van der Waals surface area contributed by atoms with Gasteiger partial charge in [-0.05, 0) is 49.9 Å². The predicted molar refractivity (Wildman–Crippen MR) is 97.9 cm³/mol. The zero-order chi connectivity index (χ0) is 18.2. The van der Waals surface area contributed by atoms with E-state index >= 15 is 0 Å². The van der Waals surface area contributed by atoms with Crippen LogP contribution in [0.3, 0.4) is 0 Å². The third kappa shape index (κ3) is 5.62. The second-order valence-corrected chi connectivity index (χ2v) is 6.93. The zero-order valence-electron chi connectivity index (χ0n) is 15.2. The lowest BCUT2D eigenvalue weighted by Gasteiger charge is -2.22. The van der Waals surface area contributed by atoms with Crippen LogP contribution in [0.15, 0.2) is 24.3 Å². The second-order valence-electron chi connectivity index (χ2n) is 6.93. The fraction of sp³-hybridized carbons (Fsp3) is 0.600. The first-order chi connectivity index (χ1) is 12.7. The standard InChI is InChI=1S/C20H28N2O4/c23-19-6-5-18(20(24)22-19)16-3-1-15(2-4-16)9-12-25-13-14-26-17-7-10-21-11-8-17/h1-4,17-18,21H,5-14H2,(H,22,23,24). The quantitative estimate of drug-likeness (QED) is 0.543. The largest absolute Gasteiger partial charge is 0.379 e. The van der Waals surface area contributed by atoms with Crippen molar-refractivity contribution in [1.29, 1.82) is 0 Å². The summed E-state index contributed by atoms with van der Waals surface area (Å²) in [4.78, 5) is 23.1.